The van der Waals surface area contributed by atoms with Gasteiger partial charge >= 0.3 is 0 Å². The summed E-state index contributed by atoms with van der Waals surface area (Å²) in [5.74, 6) is 0.157. The molecule has 1 aromatic rings. The molecule has 1 aromatic carbocycles. The molecule has 2 N–H and O–H groups in total. The molecule has 20 heavy (non-hydrogen) atoms. The molecule has 0 aliphatic carbocycles. The van der Waals surface area contributed by atoms with E-state index in [1.165, 1.54) is 0 Å². The molecule has 0 aromatic heterocycles. The van der Waals surface area contributed by atoms with Crippen molar-refractivity contribution in [1.29, 1.82) is 0 Å². The van der Waals surface area contributed by atoms with Crippen LogP contribution in [0, 0.1) is 0 Å². The first-order valence-electron chi connectivity index (χ1n) is 6.54. The molecule has 0 bridgehead atoms. The quantitative estimate of drug-likeness (QED) is 0.796. The van der Waals surface area contributed by atoms with Crippen molar-refractivity contribution < 1.29 is 9.90 Å². The highest BCUT2D eigenvalue weighted by molar-refractivity contribution is 7.80. The molecule has 0 unspecified atom stereocenters. The van der Waals surface area contributed by atoms with E-state index in [1.54, 1.807) is 29.2 Å². The van der Waals surface area contributed by atoms with E-state index in [0.29, 0.717) is 11.7 Å². The second-order valence-corrected chi connectivity index (χ2v) is 5.51. The van der Waals surface area contributed by atoms with Crippen LogP contribution in [0.3, 0.4) is 0 Å². The van der Waals surface area contributed by atoms with Crippen molar-refractivity contribution >= 4 is 23.2 Å². The molecule has 2 rings (SSSR count). The number of nitrogens with one attached hydrogen (secondary N) is 1. The number of thiocarbonyl (C=S) groups is 1. The number of nitrogens with zero attached hydrogens (tertiary/aromatic N) is 2. The monoisotopic (exact) mass is 293 g/mol. The molecule has 1 aliphatic rings. The molecule has 5 nitrogen and oxygen atoms in total. The number of aromatic hydroxyl groups is 1. The Morgan fingerprint density at radius 3 is 2.60 bits per heavy atom. The van der Waals surface area contributed by atoms with Crippen molar-refractivity contribution in [2.45, 2.75) is 12.5 Å². The number of benzene rings is 1. The van der Waals surface area contributed by atoms with Gasteiger partial charge in [-0.2, -0.15) is 0 Å². The van der Waals surface area contributed by atoms with Crippen molar-refractivity contribution in [3.05, 3.63) is 29.8 Å². The molecule has 1 atom stereocenters. The molecule has 1 amide bonds. The summed E-state index contributed by atoms with van der Waals surface area (Å²) in [5.41, 5.74) is 0.810. The first kappa shape index (κ1) is 14.7. The van der Waals surface area contributed by atoms with E-state index in [4.69, 9.17) is 12.2 Å². The first-order chi connectivity index (χ1) is 9.49. The minimum atomic E-state index is -0.442. The number of phenolic OH excluding ortho intramolecular Hbond substituents is 1. The minimum Gasteiger partial charge on any atom is -0.508 e. The molecule has 108 valence electrons. The predicted molar refractivity (Wildman–Crippen MR) is 81.5 cm³/mol. The van der Waals surface area contributed by atoms with Gasteiger partial charge in [-0.15, -0.1) is 0 Å². The SMILES string of the molecule is CN(C)CCCN1C(=O)[C@@H](c2ccc(O)cc2)NC1=S. The number of rotatable bonds is 5. The lowest BCUT2D eigenvalue weighted by Gasteiger charge is -2.16. The van der Waals surface area contributed by atoms with E-state index in [9.17, 15) is 9.90 Å². The minimum absolute atomic E-state index is 0.0283. The molecule has 0 saturated carbocycles. The summed E-state index contributed by atoms with van der Waals surface area (Å²) in [6, 6.07) is 6.17. The van der Waals surface area contributed by atoms with E-state index < -0.39 is 6.04 Å². The van der Waals surface area contributed by atoms with Gasteiger partial charge in [0.05, 0.1) is 0 Å². The summed E-state index contributed by atoms with van der Waals surface area (Å²) < 4.78 is 0. The van der Waals surface area contributed by atoms with E-state index in [-0.39, 0.29) is 11.7 Å². The Bertz CT molecular complexity index is 502. The summed E-state index contributed by atoms with van der Waals surface area (Å²) >= 11 is 5.23. The van der Waals surface area contributed by atoms with Crippen LogP contribution in [-0.2, 0) is 4.79 Å². The van der Waals surface area contributed by atoms with Gasteiger partial charge in [0.1, 0.15) is 11.8 Å². The molecule has 1 saturated heterocycles. The van der Waals surface area contributed by atoms with Crippen molar-refractivity contribution in [1.82, 2.24) is 15.1 Å². The second-order valence-electron chi connectivity index (χ2n) is 5.12. The van der Waals surface area contributed by atoms with Gasteiger partial charge in [0.15, 0.2) is 5.11 Å². The zero-order chi connectivity index (χ0) is 14.7. The maximum Gasteiger partial charge on any atom is 0.255 e. The average Bonchev–Trinajstić information content (AvgIpc) is 2.67. The summed E-state index contributed by atoms with van der Waals surface area (Å²) in [6.07, 6.45) is 0.878. The lowest BCUT2D eigenvalue weighted by molar-refractivity contribution is -0.127. The molecule has 1 heterocycles. The molecule has 1 fully saturated rings. The van der Waals surface area contributed by atoms with Crippen molar-refractivity contribution in [2.75, 3.05) is 27.2 Å². The Morgan fingerprint density at radius 2 is 2.00 bits per heavy atom. The molecule has 6 heteroatoms. The molecular weight excluding hydrogens is 274 g/mol. The second kappa shape index (κ2) is 6.19. The smallest absolute Gasteiger partial charge is 0.255 e. The van der Waals surface area contributed by atoms with Gasteiger partial charge in [0.25, 0.3) is 5.91 Å². The van der Waals surface area contributed by atoms with Crippen LogP contribution in [0.5, 0.6) is 5.75 Å². The number of hydrogen-bond donors (Lipinski definition) is 2. The Hall–Kier alpha value is -1.66. The summed E-state index contributed by atoms with van der Waals surface area (Å²) in [4.78, 5) is 16.1. The topological polar surface area (TPSA) is 55.8 Å². The van der Waals surface area contributed by atoms with Gasteiger partial charge in [0.2, 0.25) is 0 Å². The highest BCUT2D eigenvalue weighted by atomic mass is 32.1. The Morgan fingerprint density at radius 1 is 1.35 bits per heavy atom. The average molecular weight is 293 g/mol. The zero-order valence-corrected chi connectivity index (χ0v) is 12.5. The highest BCUT2D eigenvalue weighted by Crippen LogP contribution is 2.23. The van der Waals surface area contributed by atoms with E-state index in [2.05, 4.69) is 10.2 Å². The van der Waals surface area contributed by atoms with Crippen molar-refractivity contribution in [2.24, 2.45) is 0 Å². The highest BCUT2D eigenvalue weighted by Gasteiger charge is 2.35. The standard InChI is InChI=1S/C14H19N3O2S/c1-16(2)8-3-9-17-13(19)12(15-14(17)20)10-4-6-11(18)7-5-10/h4-7,12,18H,3,8-9H2,1-2H3,(H,15,20)/t12-/m1/s1. The van der Waals surface area contributed by atoms with Crippen LogP contribution >= 0.6 is 12.2 Å². The third-order valence-electron chi connectivity index (χ3n) is 3.24. The first-order valence-corrected chi connectivity index (χ1v) is 6.95. The van der Waals surface area contributed by atoms with E-state index in [0.717, 1.165) is 18.5 Å². The van der Waals surface area contributed by atoms with Crippen LogP contribution < -0.4 is 5.32 Å². The molecule has 0 spiro atoms. The van der Waals surface area contributed by atoms with Crippen LogP contribution in [0.4, 0.5) is 0 Å². The fraction of sp³-hybridized carbons (Fsp3) is 0.429. The van der Waals surface area contributed by atoms with E-state index in [1.807, 2.05) is 14.1 Å². The zero-order valence-electron chi connectivity index (χ0n) is 11.7. The molecule has 1 aliphatic heterocycles. The third kappa shape index (κ3) is 3.26. The molecule has 0 radical (unpaired) electrons. The molecular formula is C14H19N3O2S. The third-order valence-corrected chi connectivity index (χ3v) is 3.58. The van der Waals surface area contributed by atoms with Crippen LogP contribution in [0.15, 0.2) is 24.3 Å². The van der Waals surface area contributed by atoms with Gasteiger partial charge in [-0.3, -0.25) is 9.69 Å². The van der Waals surface area contributed by atoms with Crippen LogP contribution in [0.25, 0.3) is 0 Å². The fourth-order valence-electron chi connectivity index (χ4n) is 2.17. The van der Waals surface area contributed by atoms with Gasteiger partial charge in [-0.1, -0.05) is 12.1 Å². The predicted octanol–water partition coefficient (Wildman–Crippen LogP) is 1.10. The van der Waals surface area contributed by atoms with E-state index >= 15 is 0 Å². The normalized spacial score (nSPS) is 18.8. The van der Waals surface area contributed by atoms with Gasteiger partial charge in [-0.25, -0.2) is 0 Å². The van der Waals surface area contributed by atoms with Gasteiger partial charge in [0, 0.05) is 6.54 Å². The lowest BCUT2D eigenvalue weighted by atomic mass is 10.1. The maximum absolute atomic E-state index is 12.4. The summed E-state index contributed by atoms with van der Waals surface area (Å²) in [7, 11) is 4.00. The van der Waals surface area contributed by atoms with Gasteiger partial charge in [-0.05, 0) is 57.0 Å². The Labute approximate surface area is 124 Å². The number of hydrogen-bond acceptors (Lipinski definition) is 4. The number of carbonyl (C=O) groups is 1. The Balaban J connectivity index is 2.03. The summed E-state index contributed by atoms with van der Waals surface area (Å²) in [6.45, 7) is 1.54. The van der Waals surface area contributed by atoms with Crippen LogP contribution in [0.1, 0.15) is 18.0 Å². The number of carbonyl (C=O) groups excluding carboxylic acids is 1. The fourth-order valence-corrected chi connectivity index (χ4v) is 2.47. The van der Waals surface area contributed by atoms with Crippen LogP contribution in [0.2, 0.25) is 0 Å². The number of phenols is 1. The lowest BCUT2D eigenvalue weighted by Crippen LogP contribution is -2.33. The van der Waals surface area contributed by atoms with Crippen molar-refractivity contribution in [3.63, 3.8) is 0 Å². The largest absolute Gasteiger partial charge is 0.508 e. The van der Waals surface area contributed by atoms with Crippen molar-refractivity contribution in [3.8, 4) is 5.75 Å². The Kier molecular flexibility index (Phi) is 4.57. The number of amides is 1. The van der Waals surface area contributed by atoms with Crippen LogP contribution in [-0.4, -0.2) is 53.1 Å². The summed E-state index contributed by atoms with van der Waals surface area (Å²) in [5, 5.41) is 12.8. The van der Waals surface area contributed by atoms with Gasteiger partial charge < -0.3 is 15.3 Å². The maximum atomic E-state index is 12.4.